The normalized spacial score (nSPS) is 13.1. The molecule has 0 saturated carbocycles. The van der Waals surface area contributed by atoms with Crippen molar-refractivity contribution in [3.63, 3.8) is 0 Å². The molecule has 0 aromatic heterocycles. The number of hydrogen-bond acceptors (Lipinski definition) is 5. The number of rotatable bonds is 53. The van der Waals surface area contributed by atoms with Gasteiger partial charge in [-0.25, -0.2) is 0 Å². The van der Waals surface area contributed by atoms with Gasteiger partial charge in [0.1, 0.15) is 6.10 Å². The van der Waals surface area contributed by atoms with E-state index in [0.29, 0.717) is 19.3 Å². The van der Waals surface area contributed by atoms with Crippen molar-refractivity contribution in [2.75, 3.05) is 6.61 Å². The van der Waals surface area contributed by atoms with E-state index in [9.17, 15) is 19.8 Å². The Bertz CT molecular complexity index is 970. The Morgan fingerprint density at radius 3 is 1.12 bits per heavy atom. The van der Waals surface area contributed by atoms with E-state index < -0.39 is 18.2 Å². The zero-order valence-electron chi connectivity index (χ0n) is 43.4. The van der Waals surface area contributed by atoms with Gasteiger partial charge < -0.3 is 20.3 Å². The van der Waals surface area contributed by atoms with Crippen LogP contribution in [0.1, 0.15) is 323 Å². The van der Waals surface area contributed by atoms with E-state index >= 15 is 0 Å². The third-order valence-electron chi connectivity index (χ3n) is 13.6. The molecular weight excluding hydrogens is 791 g/mol. The molecule has 3 unspecified atom stereocenters. The SMILES string of the molecule is CCCCCC/C=C\CCCCCCCCCC(=O)OC(CCCCCCCCCCCCCCCCCCC)CC(=O)NC(CO)C(O)CCCCCCCCCCCCCCC. The van der Waals surface area contributed by atoms with E-state index in [2.05, 4.69) is 38.2 Å². The summed E-state index contributed by atoms with van der Waals surface area (Å²) in [6, 6.07) is -0.696. The van der Waals surface area contributed by atoms with Crippen LogP contribution in [0.15, 0.2) is 12.2 Å². The lowest BCUT2D eigenvalue weighted by atomic mass is 10.0. The van der Waals surface area contributed by atoms with E-state index in [4.69, 9.17) is 4.74 Å². The number of allylic oxidation sites excluding steroid dienone is 2. The molecule has 6 heteroatoms. The Labute approximate surface area is 399 Å². The molecule has 0 aliphatic carbocycles. The van der Waals surface area contributed by atoms with Gasteiger partial charge in [0.2, 0.25) is 5.91 Å². The number of amides is 1. The third kappa shape index (κ3) is 47.1. The van der Waals surface area contributed by atoms with Crippen molar-refractivity contribution in [2.24, 2.45) is 0 Å². The van der Waals surface area contributed by atoms with Crippen LogP contribution in [-0.2, 0) is 14.3 Å². The monoisotopic (exact) mass is 904 g/mol. The second-order valence-electron chi connectivity index (χ2n) is 20.1. The summed E-state index contributed by atoms with van der Waals surface area (Å²) in [5.41, 5.74) is 0. The number of carbonyl (C=O) groups excluding carboxylic acids is 2. The quantitative estimate of drug-likeness (QED) is 0.0321. The molecule has 0 aliphatic heterocycles. The molecule has 0 heterocycles. The molecule has 0 radical (unpaired) electrons. The number of hydrogen-bond donors (Lipinski definition) is 3. The summed E-state index contributed by atoms with van der Waals surface area (Å²) in [4.78, 5) is 26.3. The molecule has 0 spiro atoms. The molecule has 6 nitrogen and oxygen atoms in total. The first kappa shape index (κ1) is 62.6. The van der Waals surface area contributed by atoms with Crippen LogP contribution in [0, 0.1) is 0 Å². The smallest absolute Gasteiger partial charge is 0.306 e. The van der Waals surface area contributed by atoms with E-state index in [1.165, 1.54) is 231 Å². The Kier molecular flexibility index (Phi) is 51.4. The lowest BCUT2D eigenvalue weighted by Gasteiger charge is -2.24. The summed E-state index contributed by atoms with van der Waals surface area (Å²) in [5, 5.41) is 23.9. The van der Waals surface area contributed by atoms with Gasteiger partial charge in [-0.2, -0.15) is 0 Å². The maximum atomic E-state index is 13.3. The molecule has 0 aromatic carbocycles. The number of nitrogens with one attached hydrogen (secondary N) is 1. The second-order valence-corrected chi connectivity index (χ2v) is 20.1. The van der Waals surface area contributed by atoms with Crippen molar-refractivity contribution in [3.05, 3.63) is 12.2 Å². The first-order valence-corrected chi connectivity index (χ1v) is 28.9. The van der Waals surface area contributed by atoms with Crippen molar-refractivity contribution in [2.45, 2.75) is 341 Å². The Morgan fingerprint density at radius 1 is 0.438 bits per heavy atom. The predicted octanol–water partition coefficient (Wildman–Crippen LogP) is 17.7. The van der Waals surface area contributed by atoms with E-state index in [1.54, 1.807) is 0 Å². The summed E-state index contributed by atoms with van der Waals surface area (Å²) in [6.07, 6.45) is 59.9. The van der Waals surface area contributed by atoms with Crippen LogP contribution in [0.5, 0.6) is 0 Å². The summed E-state index contributed by atoms with van der Waals surface area (Å²) >= 11 is 0. The zero-order valence-corrected chi connectivity index (χ0v) is 43.4. The molecule has 0 saturated heterocycles. The van der Waals surface area contributed by atoms with Crippen LogP contribution in [0.25, 0.3) is 0 Å². The lowest BCUT2D eigenvalue weighted by molar-refractivity contribution is -0.151. The first-order chi connectivity index (χ1) is 31.5. The highest BCUT2D eigenvalue weighted by Crippen LogP contribution is 2.19. The van der Waals surface area contributed by atoms with Gasteiger partial charge in [0.15, 0.2) is 0 Å². The summed E-state index contributed by atoms with van der Waals surface area (Å²) in [6.45, 7) is 6.51. The molecule has 64 heavy (non-hydrogen) atoms. The van der Waals surface area contributed by atoms with Crippen LogP contribution >= 0.6 is 0 Å². The average Bonchev–Trinajstić information content (AvgIpc) is 3.29. The number of aliphatic hydroxyl groups is 2. The minimum Gasteiger partial charge on any atom is -0.462 e. The molecule has 1 amide bonds. The van der Waals surface area contributed by atoms with Gasteiger partial charge in [-0.1, -0.05) is 270 Å². The van der Waals surface area contributed by atoms with Crippen LogP contribution in [0.4, 0.5) is 0 Å². The van der Waals surface area contributed by atoms with Gasteiger partial charge in [-0.05, 0) is 51.4 Å². The van der Waals surface area contributed by atoms with Crippen LogP contribution in [0.3, 0.4) is 0 Å². The van der Waals surface area contributed by atoms with E-state index in [1.807, 2.05) is 0 Å². The molecule has 380 valence electrons. The third-order valence-corrected chi connectivity index (χ3v) is 13.6. The Balaban J connectivity index is 4.52. The standard InChI is InChI=1S/C58H113NO5/c1-4-7-10-13-16-19-22-25-27-28-30-32-34-37-40-43-46-49-54(64-58(63)51-48-45-42-39-36-33-29-26-23-20-17-14-11-8-5-2)52-57(62)59-55(53-60)56(61)50-47-44-41-38-35-31-24-21-18-15-12-9-6-3/h20,23,54-56,60-61H,4-19,21-22,24-53H2,1-3H3,(H,59,62)/b23-20-. The number of esters is 1. The Hall–Kier alpha value is -1.40. The second kappa shape index (κ2) is 52.6. The van der Waals surface area contributed by atoms with Crippen LogP contribution in [-0.4, -0.2) is 46.9 Å². The lowest BCUT2D eigenvalue weighted by Crippen LogP contribution is -2.46. The van der Waals surface area contributed by atoms with E-state index in [0.717, 1.165) is 44.9 Å². The molecule has 0 bridgehead atoms. The molecule has 0 aromatic rings. The maximum absolute atomic E-state index is 13.3. The van der Waals surface area contributed by atoms with Crippen LogP contribution in [0.2, 0.25) is 0 Å². The van der Waals surface area contributed by atoms with E-state index in [-0.39, 0.29) is 24.9 Å². The molecule has 3 atom stereocenters. The fourth-order valence-electron chi connectivity index (χ4n) is 9.19. The number of ether oxygens (including phenoxy) is 1. The molecule has 0 rings (SSSR count). The van der Waals surface area contributed by atoms with Crippen molar-refractivity contribution in [3.8, 4) is 0 Å². The van der Waals surface area contributed by atoms with Gasteiger partial charge in [-0.3, -0.25) is 9.59 Å². The summed E-state index contributed by atoms with van der Waals surface area (Å²) < 4.78 is 5.97. The van der Waals surface area contributed by atoms with Gasteiger partial charge in [0, 0.05) is 6.42 Å². The summed E-state index contributed by atoms with van der Waals surface area (Å²) in [7, 11) is 0. The highest BCUT2D eigenvalue weighted by Gasteiger charge is 2.24. The van der Waals surface area contributed by atoms with Gasteiger partial charge in [-0.15, -0.1) is 0 Å². The molecule has 3 N–H and O–H groups in total. The molecular formula is C58H113NO5. The van der Waals surface area contributed by atoms with Crippen molar-refractivity contribution in [1.82, 2.24) is 5.32 Å². The molecule has 0 aliphatic rings. The minimum absolute atomic E-state index is 0.0839. The predicted molar refractivity (Wildman–Crippen MR) is 278 cm³/mol. The van der Waals surface area contributed by atoms with Crippen molar-refractivity contribution in [1.29, 1.82) is 0 Å². The van der Waals surface area contributed by atoms with Crippen molar-refractivity contribution < 1.29 is 24.5 Å². The maximum Gasteiger partial charge on any atom is 0.306 e. The number of unbranched alkanes of at least 4 members (excludes halogenated alkanes) is 39. The number of aliphatic hydroxyl groups excluding tert-OH is 2. The minimum atomic E-state index is -0.783. The average molecular weight is 905 g/mol. The zero-order chi connectivity index (χ0) is 46.7. The van der Waals surface area contributed by atoms with Crippen molar-refractivity contribution >= 4 is 11.9 Å². The summed E-state index contributed by atoms with van der Waals surface area (Å²) in [5.74, 6) is -0.455. The fraction of sp³-hybridized carbons (Fsp3) is 0.931. The van der Waals surface area contributed by atoms with Gasteiger partial charge in [0.25, 0.3) is 0 Å². The van der Waals surface area contributed by atoms with Gasteiger partial charge in [0.05, 0.1) is 25.2 Å². The first-order valence-electron chi connectivity index (χ1n) is 28.9. The number of carbonyl (C=O) groups is 2. The highest BCUT2D eigenvalue weighted by atomic mass is 16.5. The van der Waals surface area contributed by atoms with Gasteiger partial charge >= 0.3 is 5.97 Å². The highest BCUT2D eigenvalue weighted by molar-refractivity contribution is 5.77. The fourth-order valence-corrected chi connectivity index (χ4v) is 9.19. The van der Waals surface area contributed by atoms with Crippen LogP contribution < -0.4 is 5.32 Å². The largest absolute Gasteiger partial charge is 0.462 e. The topological polar surface area (TPSA) is 95.9 Å². The molecule has 0 fully saturated rings. The Morgan fingerprint density at radius 2 is 0.750 bits per heavy atom.